The Morgan fingerprint density at radius 1 is 1.56 bits per heavy atom. The van der Waals surface area contributed by atoms with Gasteiger partial charge in [0.05, 0.1) is 7.11 Å². The van der Waals surface area contributed by atoms with E-state index in [1.165, 1.54) is 13.4 Å². The lowest BCUT2D eigenvalue weighted by molar-refractivity contribution is 0.0562. The second-order valence-corrected chi connectivity index (χ2v) is 3.25. The van der Waals surface area contributed by atoms with Gasteiger partial charge in [-0.1, -0.05) is 0 Å². The largest absolute Gasteiger partial charge is 0.463 e. The number of carbonyl (C=O) groups excluding carboxylic acids is 1. The highest BCUT2D eigenvalue weighted by Gasteiger charge is 2.16. The Kier molecular flexibility index (Phi) is 2.72. The smallest absolute Gasteiger partial charge is 0.373 e. The molecular weight excluding hydrogens is 210 g/mol. The summed E-state index contributed by atoms with van der Waals surface area (Å²) in [6, 6.07) is 3.19. The van der Waals surface area contributed by atoms with Gasteiger partial charge < -0.3 is 9.15 Å². The maximum atomic E-state index is 11.2. The number of rotatable bonds is 3. The van der Waals surface area contributed by atoms with Crippen molar-refractivity contribution >= 4 is 5.97 Å². The lowest BCUT2D eigenvalue weighted by atomic mass is 10.3. The van der Waals surface area contributed by atoms with E-state index in [1.807, 2.05) is 6.92 Å². The van der Waals surface area contributed by atoms with E-state index >= 15 is 0 Å². The third kappa shape index (κ3) is 1.81. The first-order chi connectivity index (χ1) is 7.72. The molecule has 2 rings (SSSR count). The highest BCUT2D eigenvalue weighted by molar-refractivity contribution is 5.86. The summed E-state index contributed by atoms with van der Waals surface area (Å²) in [5, 5.41) is 4.00. The van der Waals surface area contributed by atoms with Gasteiger partial charge in [0, 0.05) is 0 Å². The van der Waals surface area contributed by atoms with Crippen LogP contribution in [0.3, 0.4) is 0 Å². The third-order valence-corrected chi connectivity index (χ3v) is 2.26. The van der Waals surface area contributed by atoms with E-state index in [4.69, 9.17) is 4.42 Å². The van der Waals surface area contributed by atoms with Crippen LogP contribution in [-0.4, -0.2) is 27.8 Å². The summed E-state index contributed by atoms with van der Waals surface area (Å²) in [5.74, 6) is 0.326. The zero-order valence-electron chi connectivity index (χ0n) is 8.95. The van der Waals surface area contributed by atoms with Crippen LogP contribution in [0.4, 0.5) is 0 Å². The van der Waals surface area contributed by atoms with Crippen molar-refractivity contribution in [2.45, 2.75) is 13.0 Å². The Bertz CT molecular complexity index is 475. The summed E-state index contributed by atoms with van der Waals surface area (Å²) >= 11 is 0. The van der Waals surface area contributed by atoms with Gasteiger partial charge in [0.1, 0.15) is 24.5 Å². The first-order valence-corrected chi connectivity index (χ1v) is 4.74. The fraction of sp³-hybridized carbons (Fsp3) is 0.300. The Balaban J connectivity index is 2.22. The number of ether oxygens (including phenoxy) is 1. The average Bonchev–Trinajstić information content (AvgIpc) is 2.97. The minimum atomic E-state index is -0.489. The molecule has 6 heteroatoms. The molecule has 1 atom stereocenters. The zero-order chi connectivity index (χ0) is 11.5. The normalized spacial score (nSPS) is 12.4. The minimum Gasteiger partial charge on any atom is -0.463 e. The molecule has 2 aromatic rings. The summed E-state index contributed by atoms with van der Waals surface area (Å²) in [6.07, 6.45) is 3.03. The molecule has 1 unspecified atom stereocenters. The summed E-state index contributed by atoms with van der Waals surface area (Å²) in [7, 11) is 1.31. The zero-order valence-corrected chi connectivity index (χ0v) is 8.95. The number of esters is 1. The van der Waals surface area contributed by atoms with E-state index in [2.05, 4.69) is 14.8 Å². The molecule has 0 saturated carbocycles. The molecule has 0 fully saturated rings. The van der Waals surface area contributed by atoms with Gasteiger partial charge in [-0.2, -0.15) is 5.10 Å². The van der Waals surface area contributed by atoms with Gasteiger partial charge in [0.15, 0.2) is 0 Å². The molecule has 16 heavy (non-hydrogen) atoms. The summed E-state index contributed by atoms with van der Waals surface area (Å²) < 4.78 is 11.6. The fourth-order valence-corrected chi connectivity index (χ4v) is 1.34. The predicted molar refractivity (Wildman–Crippen MR) is 53.9 cm³/mol. The van der Waals surface area contributed by atoms with Gasteiger partial charge in [-0.25, -0.2) is 14.5 Å². The van der Waals surface area contributed by atoms with E-state index in [0.717, 1.165) is 0 Å². The molecule has 2 heterocycles. The van der Waals surface area contributed by atoms with Gasteiger partial charge in [-0.05, 0) is 19.1 Å². The van der Waals surface area contributed by atoms with Crippen molar-refractivity contribution in [3.05, 3.63) is 36.3 Å². The van der Waals surface area contributed by atoms with Crippen molar-refractivity contribution in [2.24, 2.45) is 0 Å². The molecule has 0 saturated heterocycles. The molecule has 0 N–H and O–H groups in total. The first-order valence-electron chi connectivity index (χ1n) is 4.74. The van der Waals surface area contributed by atoms with Crippen molar-refractivity contribution in [2.75, 3.05) is 7.11 Å². The van der Waals surface area contributed by atoms with Crippen molar-refractivity contribution < 1.29 is 13.9 Å². The Hall–Kier alpha value is -2.11. The van der Waals surface area contributed by atoms with Crippen LogP contribution in [-0.2, 0) is 4.74 Å². The molecule has 0 aromatic carbocycles. The van der Waals surface area contributed by atoms with Gasteiger partial charge >= 0.3 is 5.97 Å². The molecule has 0 radical (unpaired) electrons. The van der Waals surface area contributed by atoms with Crippen molar-refractivity contribution in [3.63, 3.8) is 0 Å². The lowest BCUT2D eigenvalue weighted by Crippen LogP contribution is -2.06. The van der Waals surface area contributed by atoms with E-state index in [9.17, 15) is 4.79 Å². The fourth-order valence-electron chi connectivity index (χ4n) is 1.34. The van der Waals surface area contributed by atoms with Gasteiger partial charge in [-0.3, -0.25) is 0 Å². The number of furan rings is 1. The molecule has 0 bridgehead atoms. The van der Waals surface area contributed by atoms with Crippen LogP contribution < -0.4 is 0 Å². The first kappa shape index (κ1) is 10.4. The van der Waals surface area contributed by atoms with Gasteiger partial charge in [-0.15, -0.1) is 0 Å². The van der Waals surface area contributed by atoms with Crippen LogP contribution in [0.2, 0.25) is 0 Å². The van der Waals surface area contributed by atoms with Crippen LogP contribution in [0.5, 0.6) is 0 Å². The highest BCUT2D eigenvalue weighted by Crippen LogP contribution is 2.19. The SMILES string of the molecule is COC(=O)c1ccc(C(C)n2cncn2)o1. The molecule has 0 aliphatic rings. The number of methoxy groups -OCH3 is 1. The Morgan fingerprint density at radius 3 is 3.00 bits per heavy atom. The van der Waals surface area contributed by atoms with Crippen LogP contribution >= 0.6 is 0 Å². The summed E-state index contributed by atoms with van der Waals surface area (Å²) in [4.78, 5) is 15.0. The number of nitrogens with zero attached hydrogens (tertiary/aromatic N) is 3. The van der Waals surface area contributed by atoms with Crippen LogP contribution in [0.1, 0.15) is 29.3 Å². The maximum Gasteiger partial charge on any atom is 0.373 e. The Labute approximate surface area is 91.8 Å². The number of aromatic nitrogens is 3. The molecule has 0 aliphatic heterocycles. The van der Waals surface area contributed by atoms with Gasteiger partial charge in [0.25, 0.3) is 0 Å². The second kappa shape index (κ2) is 4.18. The number of hydrogen-bond acceptors (Lipinski definition) is 5. The number of carbonyl (C=O) groups is 1. The number of hydrogen-bond donors (Lipinski definition) is 0. The third-order valence-electron chi connectivity index (χ3n) is 2.26. The molecule has 6 nitrogen and oxygen atoms in total. The van der Waals surface area contributed by atoms with Crippen molar-refractivity contribution in [1.29, 1.82) is 0 Å². The standard InChI is InChI=1S/C10H11N3O3/c1-7(13-6-11-5-12-13)8-3-4-9(16-8)10(14)15-2/h3-7H,1-2H3. The van der Waals surface area contributed by atoms with Crippen LogP contribution in [0.15, 0.2) is 29.2 Å². The van der Waals surface area contributed by atoms with Crippen LogP contribution in [0, 0.1) is 0 Å². The topological polar surface area (TPSA) is 70.2 Å². The summed E-state index contributed by atoms with van der Waals surface area (Å²) in [5.41, 5.74) is 0. The maximum absolute atomic E-state index is 11.2. The lowest BCUT2D eigenvalue weighted by Gasteiger charge is -2.07. The predicted octanol–water partition coefficient (Wildman–Crippen LogP) is 1.27. The molecule has 2 aromatic heterocycles. The van der Waals surface area contributed by atoms with E-state index in [0.29, 0.717) is 5.76 Å². The van der Waals surface area contributed by atoms with E-state index in [1.54, 1.807) is 23.1 Å². The quantitative estimate of drug-likeness (QED) is 0.730. The molecular formula is C10H11N3O3. The van der Waals surface area contributed by atoms with E-state index in [-0.39, 0.29) is 11.8 Å². The minimum absolute atomic E-state index is 0.110. The Morgan fingerprint density at radius 2 is 2.38 bits per heavy atom. The van der Waals surface area contributed by atoms with Crippen molar-refractivity contribution in [1.82, 2.24) is 14.8 Å². The highest BCUT2D eigenvalue weighted by atomic mass is 16.5. The second-order valence-electron chi connectivity index (χ2n) is 3.25. The molecule has 0 amide bonds. The van der Waals surface area contributed by atoms with E-state index < -0.39 is 5.97 Å². The van der Waals surface area contributed by atoms with Crippen molar-refractivity contribution in [3.8, 4) is 0 Å². The molecule has 84 valence electrons. The summed E-state index contributed by atoms with van der Waals surface area (Å²) in [6.45, 7) is 1.90. The molecule has 0 aliphatic carbocycles. The molecule has 0 spiro atoms. The van der Waals surface area contributed by atoms with Crippen LogP contribution in [0.25, 0.3) is 0 Å². The monoisotopic (exact) mass is 221 g/mol. The average molecular weight is 221 g/mol. The van der Waals surface area contributed by atoms with Gasteiger partial charge in [0.2, 0.25) is 5.76 Å².